The van der Waals surface area contributed by atoms with Crippen LogP contribution < -0.4 is 5.76 Å². The van der Waals surface area contributed by atoms with Crippen molar-refractivity contribution in [3.8, 4) is 0 Å². The molecule has 0 fully saturated rings. The Bertz CT molecular complexity index is 751. The number of aromatic amines is 1. The van der Waals surface area contributed by atoms with Gasteiger partial charge in [0.1, 0.15) is 0 Å². The summed E-state index contributed by atoms with van der Waals surface area (Å²) >= 11 is 0. The lowest BCUT2D eigenvalue weighted by Gasteiger charge is -1.94. The molecule has 0 aliphatic carbocycles. The van der Waals surface area contributed by atoms with Crippen LogP contribution in [0, 0.1) is 0 Å². The third-order valence-electron chi connectivity index (χ3n) is 2.71. The first-order valence-electron chi connectivity index (χ1n) is 5.67. The highest BCUT2D eigenvalue weighted by molar-refractivity contribution is 5.78. The summed E-state index contributed by atoms with van der Waals surface area (Å²) in [5.74, 6) is -0.422. The summed E-state index contributed by atoms with van der Waals surface area (Å²) < 4.78 is 5.02. The Morgan fingerprint density at radius 1 is 0.944 bits per heavy atom. The molecule has 0 saturated heterocycles. The van der Waals surface area contributed by atoms with Gasteiger partial charge in [0.2, 0.25) is 0 Å². The van der Waals surface area contributed by atoms with E-state index in [0.717, 1.165) is 16.6 Å². The average Bonchev–Trinajstić information content (AvgIpc) is 2.77. The number of aromatic nitrogens is 1. The van der Waals surface area contributed by atoms with Crippen LogP contribution in [0.2, 0.25) is 0 Å². The SMILES string of the molecule is O=c1[nH]c2ccc(C=Cc3ccccc3)cc2o1. The number of rotatable bonds is 2. The van der Waals surface area contributed by atoms with Gasteiger partial charge in [-0.3, -0.25) is 4.98 Å². The molecule has 1 N–H and O–H groups in total. The molecule has 0 aliphatic rings. The van der Waals surface area contributed by atoms with E-state index in [2.05, 4.69) is 4.98 Å². The molecule has 3 rings (SSSR count). The molecule has 1 aromatic heterocycles. The van der Waals surface area contributed by atoms with E-state index in [9.17, 15) is 4.79 Å². The molecule has 3 aromatic rings. The standard InChI is InChI=1S/C15H11NO2/c17-15-16-13-9-8-12(10-14(13)18-15)7-6-11-4-2-1-3-5-11/h1-10H,(H,16,17). The van der Waals surface area contributed by atoms with Crippen molar-refractivity contribution in [2.45, 2.75) is 0 Å². The third kappa shape index (κ3) is 2.11. The van der Waals surface area contributed by atoms with Crippen molar-refractivity contribution < 1.29 is 4.42 Å². The summed E-state index contributed by atoms with van der Waals surface area (Å²) in [4.78, 5) is 13.7. The molecule has 0 aliphatic heterocycles. The van der Waals surface area contributed by atoms with E-state index in [1.807, 2.05) is 60.7 Å². The molecule has 0 saturated carbocycles. The second-order valence-corrected chi connectivity index (χ2v) is 4.01. The van der Waals surface area contributed by atoms with Crippen LogP contribution >= 0.6 is 0 Å². The van der Waals surface area contributed by atoms with E-state index in [-0.39, 0.29) is 0 Å². The molecule has 1 heterocycles. The molecular weight excluding hydrogens is 226 g/mol. The highest BCUT2D eigenvalue weighted by Crippen LogP contribution is 2.14. The molecular formula is C15H11NO2. The van der Waals surface area contributed by atoms with Crippen molar-refractivity contribution in [1.29, 1.82) is 0 Å². The van der Waals surface area contributed by atoms with E-state index >= 15 is 0 Å². The number of benzene rings is 2. The average molecular weight is 237 g/mol. The minimum Gasteiger partial charge on any atom is -0.408 e. The summed E-state index contributed by atoms with van der Waals surface area (Å²) in [6, 6.07) is 15.7. The first-order chi connectivity index (χ1) is 8.81. The minimum atomic E-state index is -0.422. The summed E-state index contributed by atoms with van der Waals surface area (Å²) in [7, 11) is 0. The van der Waals surface area contributed by atoms with Crippen molar-refractivity contribution in [2.24, 2.45) is 0 Å². The zero-order valence-corrected chi connectivity index (χ0v) is 9.59. The van der Waals surface area contributed by atoms with Crippen molar-refractivity contribution >= 4 is 23.3 Å². The molecule has 0 spiro atoms. The van der Waals surface area contributed by atoms with Gasteiger partial charge in [-0.2, -0.15) is 0 Å². The molecule has 0 atom stereocenters. The molecule has 18 heavy (non-hydrogen) atoms. The number of oxazole rings is 1. The molecule has 0 unspecified atom stereocenters. The zero-order valence-electron chi connectivity index (χ0n) is 9.59. The van der Waals surface area contributed by atoms with Crippen LogP contribution in [-0.4, -0.2) is 4.98 Å². The number of hydrogen-bond acceptors (Lipinski definition) is 2. The lowest BCUT2D eigenvalue weighted by molar-refractivity contribution is 0.555. The quantitative estimate of drug-likeness (QED) is 0.695. The fourth-order valence-electron chi connectivity index (χ4n) is 1.82. The normalized spacial score (nSPS) is 11.3. The summed E-state index contributed by atoms with van der Waals surface area (Å²) in [6.07, 6.45) is 4.01. The minimum absolute atomic E-state index is 0.422. The van der Waals surface area contributed by atoms with E-state index in [4.69, 9.17) is 4.42 Å². The third-order valence-corrected chi connectivity index (χ3v) is 2.71. The van der Waals surface area contributed by atoms with Gasteiger partial charge in [-0.05, 0) is 23.3 Å². The maximum Gasteiger partial charge on any atom is 0.417 e. The van der Waals surface area contributed by atoms with Crippen molar-refractivity contribution in [3.63, 3.8) is 0 Å². The number of fused-ring (bicyclic) bond motifs is 1. The molecule has 3 nitrogen and oxygen atoms in total. The second kappa shape index (κ2) is 4.37. The summed E-state index contributed by atoms with van der Waals surface area (Å²) in [5.41, 5.74) is 3.43. The van der Waals surface area contributed by atoms with Gasteiger partial charge in [-0.25, -0.2) is 4.79 Å². The summed E-state index contributed by atoms with van der Waals surface area (Å²) in [5, 5.41) is 0. The van der Waals surface area contributed by atoms with Gasteiger partial charge in [-0.15, -0.1) is 0 Å². The molecule has 0 amide bonds. The molecule has 0 radical (unpaired) electrons. The Balaban J connectivity index is 1.95. The first kappa shape index (κ1) is 10.6. The van der Waals surface area contributed by atoms with Crippen LogP contribution in [0.4, 0.5) is 0 Å². The maximum atomic E-state index is 11.0. The predicted molar refractivity (Wildman–Crippen MR) is 72.2 cm³/mol. The Hall–Kier alpha value is -2.55. The Morgan fingerprint density at radius 2 is 1.72 bits per heavy atom. The topological polar surface area (TPSA) is 46.0 Å². The van der Waals surface area contributed by atoms with Crippen molar-refractivity contribution in [2.75, 3.05) is 0 Å². The Morgan fingerprint density at radius 3 is 2.56 bits per heavy atom. The monoisotopic (exact) mass is 237 g/mol. The highest BCUT2D eigenvalue weighted by Gasteiger charge is 1.99. The van der Waals surface area contributed by atoms with Gasteiger partial charge in [0.15, 0.2) is 5.58 Å². The predicted octanol–water partition coefficient (Wildman–Crippen LogP) is 3.29. The van der Waals surface area contributed by atoms with E-state index in [0.29, 0.717) is 5.58 Å². The van der Waals surface area contributed by atoms with Gasteiger partial charge in [0.25, 0.3) is 0 Å². The fourth-order valence-corrected chi connectivity index (χ4v) is 1.82. The fraction of sp³-hybridized carbons (Fsp3) is 0. The summed E-state index contributed by atoms with van der Waals surface area (Å²) in [6.45, 7) is 0. The van der Waals surface area contributed by atoms with E-state index in [1.54, 1.807) is 0 Å². The molecule has 3 heteroatoms. The van der Waals surface area contributed by atoms with Gasteiger partial charge in [0, 0.05) is 0 Å². The maximum absolute atomic E-state index is 11.0. The first-order valence-corrected chi connectivity index (χ1v) is 5.67. The lowest BCUT2D eigenvalue weighted by atomic mass is 10.1. The number of hydrogen-bond donors (Lipinski definition) is 1. The van der Waals surface area contributed by atoms with E-state index in [1.165, 1.54) is 0 Å². The van der Waals surface area contributed by atoms with Crippen LogP contribution in [0.15, 0.2) is 57.7 Å². The molecule has 2 aromatic carbocycles. The molecule has 0 bridgehead atoms. The van der Waals surface area contributed by atoms with Gasteiger partial charge >= 0.3 is 5.76 Å². The number of nitrogens with one attached hydrogen (secondary N) is 1. The smallest absolute Gasteiger partial charge is 0.408 e. The Kier molecular flexibility index (Phi) is 2.57. The Labute approximate surface area is 103 Å². The van der Waals surface area contributed by atoms with Crippen LogP contribution in [0.3, 0.4) is 0 Å². The highest BCUT2D eigenvalue weighted by atomic mass is 16.4. The lowest BCUT2D eigenvalue weighted by Crippen LogP contribution is -1.92. The van der Waals surface area contributed by atoms with Crippen molar-refractivity contribution in [3.05, 3.63) is 70.2 Å². The van der Waals surface area contributed by atoms with Crippen LogP contribution in [0.25, 0.3) is 23.3 Å². The molecule has 88 valence electrons. The largest absolute Gasteiger partial charge is 0.417 e. The van der Waals surface area contributed by atoms with Gasteiger partial charge in [0.05, 0.1) is 5.52 Å². The zero-order chi connectivity index (χ0) is 12.4. The van der Waals surface area contributed by atoms with Gasteiger partial charge in [-0.1, -0.05) is 48.6 Å². The van der Waals surface area contributed by atoms with Crippen molar-refractivity contribution in [1.82, 2.24) is 4.98 Å². The van der Waals surface area contributed by atoms with Gasteiger partial charge < -0.3 is 4.42 Å². The van der Waals surface area contributed by atoms with Crippen LogP contribution in [-0.2, 0) is 0 Å². The second-order valence-electron chi connectivity index (χ2n) is 4.01. The van der Waals surface area contributed by atoms with Crippen LogP contribution in [0.5, 0.6) is 0 Å². The van der Waals surface area contributed by atoms with Crippen LogP contribution in [0.1, 0.15) is 11.1 Å². The number of H-pyrrole nitrogens is 1. The van der Waals surface area contributed by atoms with E-state index < -0.39 is 5.76 Å².